The number of halogens is 2. The van der Waals surface area contributed by atoms with Gasteiger partial charge < -0.3 is 15.1 Å². The summed E-state index contributed by atoms with van der Waals surface area (Å²) in [5, 5.41) is 3.33. The van der Waals surface area contributed by atoms with Crippen molar-refractivity contribution in [2.75, 3.05) is 36.4 Å². The van der Waals surface area contributed by atoms with Crippen LogP contribution in [0.5, 0.6) is 0 Å². The molecule has 0 aliphatic carbocycles. The molecule has 6 nitrogen and oxygen atoms in total. The highest BCUT2D eigenvalue weighted by Crippen LogP contribution is 2.34. The van der Waals surface area contributed by atoms with Crippen LogP contribution in [0.3, 0.4) is 0 Å². The molecule has 8 heteroatoms. The first kappa shape index (κ1) is 17.4. The van der Waals surface area contributed by atoms with Gasteiger partial charge in [-0.25, -0.2) is 18.7 Å². The van der Waals surface area contributed by atoms with E-state index in [0.29, 0.717) is 24.8 Å². The fourth-order valence-corrected chi connectivity index (χ4v) is 3.37. The van der Waals surface area contributed by atoms with E-state index < -0.39 is 5.83 Å². The summed E-state index contributed by atoms with van der Waals surface area (Å²) < 4.78 is 26.0. The molecule has 1 aromatic heterocycles. The lowest BCUT2D eigenvalue weighted by Gasteiger charge is -2.42. The summed E-state index contributed by atoms with van der Waals surface area (Å²) >= 11 is 0. The summed E-state index contributed by atoms with van der Waals surface area (Å²) in [4.78, 5) is 23.0. The summed E-state index contributed by atoms with van der Waals surface area (Å²) in [5.41, 5.74) is 1.12. The standard InChI is InChI=1S/C19H19F2N5O/c20-15-3-1-13(2-4-15)14-7-26(8-14)19-18(22-5-6-23-19)24-17-10-25(11-17)9-16(21)12-27/h1-6,9,12,14,17H,7-8,10-11H2,(H,22,24). The quantitative estimate of drug-likeness (QED) is 0.621. The Kier molecular flexibility index (Phi) is 4.70. The van der Waals surface area contributed by atoms with Crippen molar-refractivity contribution in [3.05, 3.63) is 60.1 Å². The van der Waals surface area contributed by atoms with Crippen molar-refractivity contribution in [3.8, 4) is 0 Å². The van der Waals surface area contributed by atoms with E-state index in [2.05, 4.69) is 20.2 Å². The van der Waals surface area contributed by atoms with E-state index in [0.717, 1.165) is 24.5 Å². The minimum atomic E-state index is -0.777. The monoisotopic (exact) mass is 371 g/mol. The molecule has 0 saturated carbocycles. The lowest BCUT2D eigenvalue weighted by Crippen LogP contribution is -2.52. The van der Waals surface area contributed by atoms with Crippen LogP contribution in [-0.4, -0.2) is 53.4 Å². The Morgan fingerprint density at radius 2 is 1.81 bits per heavy atom. The highest BCUT2D eigenvalue weighted by atomic mass is 19.1. The molecular weight excluding hydrogens is 352 g/mol. The first-order valence-electron chi connectivity index (χ1n) is 8.77. The summed E-state index contributed by atoms with van der Waals surface area (Å²) in [5.74, 6) is 0.813. The number of carbonyl (C=O) groups is 1. The molecule has 0 bridgehead atoms. The minimum absolute atomic E-state index is 0.116. The van der Waals surface area contributed by atoms with Gasteiger partial charge >= 0.3 is 0 Å². The van der Waals surface area contributed by atoms with Crippen LogP contribution in [0.15, 0.2) is 48.7 Å². The van der Waals surface area contributed by atoms with Gasteiger partial charge in [0.2, 0.25) is 0 Å². The summed E-state index contributed by atoms with van der Waals surface area (Å²) in [6.45, 7) is 2.77. The van der Waals surface area contributed by atoms with Crippen molar-refractivity contribution in [2.24, 2.45) is 0 Å². The van der Waals surface area contributed by atoms with Gasteiger partial charge in [-0.05, 0) is 17.7 Å². The molecule has 2 saturated heterocycles. The van der Waals surface area contributed by atoms with E-state index in [1.54, 1.807) is 17.3 Å². The molecular formula is C19H19F2N5O. The number of nitrogens with zero attached hydrogens (tertiary/aromatic N) is 4. The molecule has 0 spiro atoms. The lowest BCUT2D eigenvalue weighted by atomic mass is 9.91. The Morgan fingerprint density at radius 3 is 2.52 bits per heavy atom. The molecule has 2 fully saturated rings. The van der Waals surface area contributed by atoms with Crippen molar-refractivity contribution >= 4 is 17.9 Å². The van der Waals surface area contributed by atoms with Gasteiger partial charge in [-0.2, -0.15) is 0 Å². The first-order chi connectivity index (χ1) is 13.1. The van der Waals surface area contributed by atoms with Crippen LogP contribution in [0.4, 0.5) is 20.4 Å². The second kappa shape index (κ2) is 7.30. The molecule has 4 rings (SSSR count). The number of likely N-dealkylation sites (tertiary alicyclic amines) is 1. The van der Waals surface area contributed by atoms with Crippen molar-refractivity contribution < 1.29 is 13.6 Å². The van der Waals surface area contributed by atoms with Crippen molar-refractivity contribution in [1.29, 1.82) is 0 Å². The van der Waals surface area contributed by atoms with Gasteiger partial charge in [0, 0.05) is 50.7 Å². The molecule has 1 aromatic carbocycles. The van der Waals surface area contributed by atoms with Gasteiger partial charge in [-0.15, -0.1) is 0 Å². The number of rotatable bonds is 6. The SMILES string of the molecule is O=CC(F)=CN1CC(Nc2nccnc2N2CC(c3ccc(F)cc3)C2)C1. The molecule has 0 amide bonds. The molecule has 0 unspecified atom stereocenters. The molecule has 1 N–H and O–H groups in total. The number of aromatic nitrogens is 2. The summed E-state index contributed by atoms with van der Waals surface area (Å²) in [6, 6.07) is 6.73. The van der Waals surface area contributed by atoms with Gasteiger partial charge in [0.25, 0.3) is 0 Å². The minimum Gasteiger partial charge on any atom is -0.371 e. The Bertz CT molecular complexity index is 845. The Hall–Kier alpha value is -3.03. The molecule has 2 aliphatic rings. The average molecular weight is 371 g/mol. The summed E-state index contributed by atoms with van der Waals surface area (Å²) in [7, 11) is 0. The van der Waals surface area contributed by atoms with Crippen LogP contribution < -0.4 is 10.2 Å². The second-order valence-electron chi connectivity index (χ2n) is 6.81. The maximum Gasteiger partial charge on any atom is 0.179 e. The highest BCUT2D eigenvalue weighted by molar-refractivity contribution is 5.69. The zero-order valence-electron chi connectivity index (χ0n) is 14.6. The summed E-state index contributed by atoms with van der Waals surface area (Å²) in [6.07, 6.45) is 4.70. The number of allylic oxidation sites excluding steroid dienone is 1. The zero-order valence-corrected chi connectivity index (χ0v) is 14.6. The molecule has 140 valence electrons. The normalized spacial score (nSPS) is 18.1. The molecule has 2 aliphatic heterocycles. The van der Waals surface area contributed by atoms with E-state index in [-0.39, 0.29) is 18.1 Å². The smallest absolute Gasteiger partial charge is 0.179 e. The predicted octanol–water partition coefficient (Wildman–Crippen LogP) is 2.33. The van der Waals surface area contributed by atoms with E-state index in [4.69, 9.17) is 0 Å². The second-order valence-corrected chi connectivity index (χ2v) is 6.81. The third kappa shape index (κ3) is 3.74. The molecule has 0 radical (unpaired) electrons. The van der Waals surface area contributed by atoms with Gasteiger partial charge in [-0.1, -0.05) is 12.1 Å². The van der Waals surface area contributed by atoms with Crippen molar-refractivity contribution in [1.82, 2.24) is 14.9 Å². The fourth-order valence-electron chi connectivity index (χ4n) is 3.37. The number of benzene rings is 1. The number of nitrogens with one attached hydrogen (secondary N) is 1. The Balaban J connectivity index is 1.36. The number of hydrogen-bond acceptors (Lipinski definition) is 6. The van der Waals surface area contributed by atoms with Crippen LogP contribution in [0.1, 0.15) is 11.5 Å². The van der Waals surface area contributed by atoms with Gasteiger partial charge in [-0.3, -0.25) is 4.79 Å². The number of anilines is 2. The third-order valence-corrected chi connectivity index (χ3v) is 4.87. The van der Waals surface area contributed by atoms with Crippen molar-refractivity contribution in [3.63, 3.8) is 0 Å². The van der Waals surface area contributed by atoms with Crippen molar-refractivity contribution in [2.45, 2.75) is 12.0 Å². The molecule has 27 heavy (non-hydrogen) atoms. The first-order valence-corrected chi connectivity index (χ1v) is 8.77. The number of aldehydes is 1. The van der Waals surface area contributed by atoms with Crippen LogP contribution in [0.25, 0.3) is 0 Å². The number of carbonyl (C=O) groups excluding carboxylic acids is 1. The van der Waals surface area contributed by atoms with Crippen LogP contribution >= 0.6 is 0 Å². The predicted molar refractivity (Wildman–Crippen MR) is 97.6 cm³/mol. The van der Waals surface area contributed by atoms with Crippen LogP contribution in [0, 0.1) is 5.82 Å². The zero-order chi connectivity index (χ0) is 18.8. The number of hydrogen-bond donors (Lipinski definition) is 1. The van der Waals surface area contributed by atoms with E-state index in [9.17, 15) is 13.6 Å². The van der Waals surface area contributed by atoms with E-state index >= 15 is 0 Å². The molecule has 0 atom stereocenters. The van der Waals surface area contributed by atoms with Gasteiger partial charge in [0.15, 0.2) is 23.7 Å². The lowest BCUT2D eigenvalue weighted by molar-refractivity contribution is -0.106. The van der Waals surface area contributed by atoms with Crippen LogP contribution in [0.2, 0.25) is 0 Å². The molecule has 2 aromatic rings. The highest BCUT2D eigenvalue weighted by Gasteiger charge is 2.32. The van der Waals surface area contributed by atoms with E-state index in [1.165, 1.54) is 18.3 Å². The Labute approximate surface area is 155 Å². The molecule has 3 heterocycles. The van der Waals surface area contributed by atoms with Crippen LogP contribution in [-0.2, 0) is 4.79 Å². The largest absolute Gasteiger partial charge is 0.371 e. The average Bonchev–Trinajstić information content (AvgIpc) is 2.61. The Morgan fingerprint density at radius 1 is 1.11 bits per heavy atom. The maximum absolute atomic E-state index is 13.1. The van der Waals surface area contributed by atoms with Gasteiger partial charge in [0.05, 0.1) is 6.04 Å². The maximum atomic E-state index is 13.1. The fraction of sp³-hybridized carbons (Fsp3) is 0.316. The third-order valence-electron chi connectivity index (χ3n) is 4.87. The van der Waals surface area contributed by atoms with E-state index in [1.807, 2.05) is 12.1 Å². The topological polar surface area (TPSA) is 61.4 Å². The van der Waals surface area contributed by atoms with Gasteiger partial charge in [0.1, 0.15) is 5.82 Å².